The lowest BCUT2D eigenvalue weighted by molar-refractivity contribution is 0.0963. The highest BCUT2D eigenvalue weighted by molar-refractivity contribution is 5.94. The molecule has 0 aliphatic rings. The molecule has 4 aromatic rings. The van der Waals surface area contributed by atoms with Gasteiger partial charge in [0.05, 0.1) is 29.5 Å². The zero-order chi connectivity index (χ0) is 20.5. The van der Waals surface area contributed by atoms with E-state index in [1.54, 1.807) is 42.1 Å². The summed E-state index contributed by atoms with van der Waals surface area (Å²) < 4.78 is 1.57. The van der Waals surface area contributed by atoms with Gasteiger partial charge in [0.1, 0.15) is 5.82 Å². The summed E-state index contributed by atoms with van der Waals surface area (Å²) >= 11 is 0. The normalized spacial score (nSPS) is 12.1. The van der Waals surface area contributed by atoms with E-state index in [-0.39, 0.29) is 17.5 Å². The number of nitrogens with two attached hydrogens (primary N) is 1. The summed E-state index contributed by atoms with van der Waals surface area (Å²) in [5.41, 5.74) is 9.29. The first-order chi connectivity index (χ1) is 14.0. The van der Waals surface area contributed by atoms with E-state index in [0.717, 1.165) is 16.7 Å². The summed E-state index contributed by atoms with van der Waals surface area (Å²) in [6.45, 7) is 1.90. The lowest BCUT2D eigenvalue weighted by atomic mass is 10.0. The highest BCUT2D eigenvalue weighted by atomic mass is 16.1. The molecular weight excluding hydrogens is 368 g/mol. The lowest BCUT2D eigenvalue weighted by Gasteiger charge is -2.16. The van der Waals surface area contributed by atoms with Crippen LogP contribution >= 0.6 is 0 Å². The van der Waals surface area contributed by atoms with E-state index in [4.69, 9.17) is 5.73 Å². The number of aromatic nitrogens is 4. The molecule has 0 radical (unpaired) electrons. The van der Waals surface area contributed by atoms with E-state index in [0.29, 0.717) is 22.3 Å². The first-order valence-corrected chi connectivity index (χ1v) is 9.11. The fourth-order valence-electron chi connectivity index (χ4n) is 3.35. The topological polar surface area (TPSA) is 119 Å². The maximum Gasteiger partial charge on any atom is 0.261 e. The van der Waals surface area contributed by atoms with Gasteiger partial charge in [0.2, 0.25) is 0 Å². The van der Waals surface area contributed by atoms with Gasteiger partial charge in [0.15, 0.2) is 0 Å². The van der Waals surface area contributed by atoms with Gasteiger partial charge in [-0.25, -0.2) is 4.98 Å². The molecule has 0 bridgehead atoms. The van der Waals surface area contributed by atoms with E-state index in [2.05, 4.69) is 20.5 Å². The first-order valence-electron chi connectivity index (χ1n) is 9.11. The summed E-state index contributed by atoms with van der Waals surface area (Å²) in [6, 6.07) is 12.3. The van der Waals surface area contributed by atoms with Gasteiger partial charge >= 0.3 is 0 Å². The fourth-order valence-corrected chi connectivity index (χ4v) is 3.35. The van der Waals surface area contributed by atoms with Crippen LogP contribution < -0.4 is 16.6 Å². The molecule has 0 aliphatic carbocycles. The smallest absolute Gasteiger partial charge is 0.261 e. The Morgan fingerprint density at radius 2 is 2.07 bits per heavy atom. The third-order valence-corrected chi connectivity index (χ3v) is 5.04. The molecule has 8 heteroatoms. The molecule has 0 aliphatic heterocycles. The van der Waals surface area contributed by atoms with E-state index < -0.39 is 0 Å². The van der Waals surface area contributed by atoms with Crippen LogP contribution in [0.1, 0.15) is 28.9 Å². The number of aromatic amines is 1. The summed E-state index contributed by atoms with van der Waals surface area (Å²) in [7, 11) is 1.58. The Labute approximate surface area is 166 Å². The van der Waals surface area contributed by atoms with Gasteiger partial charge in [0.25, 0.3) is 11.5 Å². The van der Waals surface area contributed by atoms with Crippen LogP contribution in [0.4, 0.5) is 5.82 Å². The number of nitrogen functional groups attached to an aromatic ring is 1. The van der Waals surface area contributed by atoms with Gasteiger partial charge in [-0.3, -0.25) is 19.3 Å². The van der Waals surface area contributed by atoms with Gasteiger partial charge in [-0.1, -0.05) is 18.2 Å². The average molecular weight is 388 g/mol. The molecule has 29 heavy (non-hydrogen) atoms. The second-order valence-electron chi connectivity index (χ2n) is 6.77. The zero-order valence-corrected chi connectivity index (χ0v) is 16.0. The number of hydrogen-bond donors (Lipinski definition) is 3. The molecule has 2 heterocycles. The molecule has 1 atom stereocenters. The standard InChI is InChI=1S/C21H20N6O2/c1-12(13-4-3-5-15(8-13)20(28)23-2)27-11-24-18-9-14(6-7-16(18)21(27)29)17-10-25-26-19(17)22/h3-12H,1-2H3,(H,23,28)(H3,22,25,26). The molecule has 146 valence electrons. The van der Waals surface area contributed by atoms with Crippen molar-refractivity contribution in [3.05, 3.63) is 76.5 Å². The number of rotatable bonds is 4. The van der Waals surface area contributed by atoms with Crippen molar-refractivity contribution in [2.75, 3.05) is 12.8 Å². The Bertz CT molecular complexity index is 1270. The van der Waals surface area contributed by atoms with Crippen molar-refractivity contribution in [3.63, 3.8) is 0 Å². The number of nitrogens with one attached hydrogen (secondary N) is 2. The van der Waals surface area contributed by atoms with Gasteiger partial charge < -0.3 is 11.1 Å². The Hall–Kier alpha value is -3.94. The number of benzene rings is 2. The molecule has 2 aromatic carbocycles. The first kappa shape index (κ1) is 18.4. The van der Waals surface area contributed by atoms with Crippen LogP contribution in [0, 0.1) is 0 Å². The molecule has 0 saturated heterocycles. The van der Waals surface area contributed by atoms with Gasteiger partial charge in [-0.15, -0.1) is 0 Å². The summed E-state index contributed by atoms with van der Waals surface area (Å²) in [5.74, 6) is 0.288. The largest absolute Gasteiger partial charge is 0.384 e. The van der Waals surface area contributed by atoms with Crippen molar-refractivity contribution in [1.82, 2.24) is 25.1 Å². The molecule has 2 aromatic heterocycles. The van der Waals surface area contributed by atoms with Crippen molar-refractivity contribution < 1.29 is 4.79 Å². The second kappa shape index (κ2) is 7.23. The molecule has 1 unspecified atom stereocenters. The quantitative estimate of drug-likeness (QED) is 0.496. The molecule has 8 nitrogen and oxygen atoms in total. The summed E-state index contributed by atoms with van der Waals surface area (Å²) in [5, 5.41) is 9.74. The maximum atomic E-state index is 13.1. The number of amides is 1. The molecule has 0 spiro atoms. The van der Waals surface area contributed by atoms with Crippen LogP contribution in [0.15, 0.2) is 59.8 Å². The predicted octanol–water partition coefficient (Wildman–Crippen LogP) is 2.34. The SMILES string of the molecule is CNC(=O)c1cccc(C(C)n2cnc3cc(-c4cn[nH]c4N)ccc3c2=O)c1. The summed E-state index contributed by atoms with van der Waals surface area (Å²) in [6.07, 6.45) is 3.17. The molecule has 1 amide bonds. The van der Waals surface area contributed by atoms with Crippen molar-refractivity contribution in [2.45, 2.75) is 13.0 Å². The minimum absolute atomic E-state index is 0.153. The third-order valence-electron chi connectivity index (χ3n) is 5.04. The van der Waals surface area contributed by atoms with Gasteiger partial charge in [-0.05, 0) is 42.3 Å². The maximum absolute atomic E-state index is 13.1. The monoisotopic (exact) mass is 388 g/mol. The molecule has 0 fully saturated rings. The van der Waals surface area contributed by atoms with Crippen LogP contribution in [-0.2, 0) is 0 Å². The molecule has 0 saturated carbocycles. The Balaban J connectivity index is 1.75. The van der Waals surface area contributed by atoms with Gasteiger partial charge in [-0.2, -0.15) is 5.10 Å². The zero-order valence-electron chi connectivity index (χ0n) is 16.0. The minimum atomic E-state index is -0.284. The van der Waals surface area contributed by atoms with Crippen molar-refractivity contribution in [2.24, 2.45) is 0 Å². The van der Waals surface area contributed by atoms with Crippen LogP contribution in [-0.4, -0.2) is 32.7 Å². The van der Waals surface area contributed by atoms with E-state index >= 15 is 0 Å². The van der Waals surface area contributed by atoms with Crippen molar-refractivity contribution >= 4 is 22.6 Å². The van der Waals surface area contributed by atoms with Crippen LogP contribution in [0.3, 0.4) is 0 Å². The Morgan fingerprint density at radius 1 is 1.24 bits per heavy atom. The Kier molecular flexibility index (Phi) is 4.59. The highest BCUT2D eigenvalue weighted by Gasteiger charge is 2.15. The lowest BCUT2D eigenvalue weighted by Crippen LogP contribution is -2.25. The number of carbonyl (C=O) groups is 1. The average Bonchev–Trinajstić information content (AvgIpc) is 3.18. The Morgan fingerprint density at radius 3 is 2.79 bits per heavy atom. The van der Waals surface area contributed by atoms with Gasteiger partial charge in [0, 0.05) is 18.2 Å². The molecular formula is C21H20N6O2. The van der Waals surface area contributed by atoms with Crippen molar-refractivity contribution in [1.29, 1.82) is 0 Å². The van der Waals surface area contributed by atoms with Crippen molar-refractivity contribution in [3.8, 4) is 11.1 Å². The fraction of sp³-hybridized carbons (Fsp3) is 0.143. The number of anilines is 1. The molecule has 4 N–H and O–H groups in total. The number of carbonyl (C=O) groups excluding carboxylic acids is 1. The minimum Gasteiger partial charge on any atom is -0.384 e. The third kappa shape index (κ3) is 3.25. The predicted molar refractivity (Wildman–Crippen MR) is 112 cm³/mol. The van der Waals surface area contributed by atoms with E-state index in [9.17, 15) is 9.59 Å². The van der Waals surface area contributed by atoms with Crippen LogP contribution in [0.5, 0.6) is 0 Å². The van der Waals surface area contributed by atoms with Crippen LogP contribution in [0.25, 0.3) is 22.0 Å². The summed E-state index contributed by atoms with van der Waals surface area (Å²) in [4.78, 5) is 29.5. The van der Waals surface area contributed by atoms with E-state index in [1.807, 2.05) is 25.1 Å². The number of H-pyrrole nitrogens is 1. The van der Waals surface area contributed by atoms with Crippen LogP contribution in [0.2, 0.25) is 0 Å². The van der Waals surface area contributed by atoms with E-state index in [1.165, 1.54) is 6.33 Å². The highest BCUT2D eigenvalue weighted by Crippen LogP contribution is 2.26. The second-order valence-corrected chi connectivity index (χ2v) is 6.77. The number of nitrogens with zero attached hydrogens (tertiary/aromatic N) is 3. The number of fused-ring (bicyclic) bond motifs is 1. The number of hydrogen-bond acceptors (Lipinski definition) is 5. The molecule has 4 rings (SSSR count).